The molecular formula is C23H28FN3O2. The van der Waals surface area contributed by atoms with E-state index in [0.29, 0.717) is 38.2 Å². The van der Waals surface area contributed by atoms with Gasteiger partial charge in [0.15, 0.2) is 0 Å². The fourth-order valence-corrected chi connectivity index (χ4v) is 3.67. The zero-order valence-corrected chi connectivity index (χ0v) is 17.0. The molecule has 0 radical (unpaired) electrons. The Morgan fingerprint density at radius 3 is 2.34 bits per heavy atom. The Labute approximate surface area is 171 Å². The van der Waals surface area contributed by atoms with Gasteiger partial charge in [0.2, 0.25) is 12.1 Å². The Bertz CT molecular complexity index is 836. The molecule has 6 heteroatoms. The molecule has 1 aliphatic heterocycles. The number of para-hydroxylation sites is 1. The first-order valence-electron chi connectivity index (χ1n) is 10.0. The molecule has 0 saturated carbocycles. The lowest BCUT2D eigenvalue weighted by Gasteiger charge is -2.23. The van der Waals surface area contributed by atoms with Crippen molar-refractivity contribution in [3.05, 3.63) is 65.2 Å². The molecule has 1 heterocycles. The Morgan fingerprint density at radius 1 is 0.966 bits per heavy atom. The van der Waals surface area contributed by atoms with Crippen LogP contribution in [0.2, 0.25) is 0 Å². The molecule has 2 amide bonds. The zero-order valence-electron chi connectivity index (χ0n) is 17.0. The molecule has 29 heavy (non-hydrogen) atoms. The maximum atomic E-state index is 14.6. The number of rotatable bonds is 5. The van der Waals surface area contributed by atoms with E-state index in [-0.39, 0.29) is 12.5 Å². The molecule has 1 saturated heterocycles. The van der Waals surface area contributed by atoms with E-state index in [2.05, 4.69) is 5.32 Å². The Balaban J connectivity index is 1.54. The second kappa shape index (κ2) is 9.65. The zero-order chi connectivity index (χ0) is 20.8. The predicted octanol–water partition coefficient (Wildman–Crippen LogP) is 3.49. The summed E-state index contributed by atoms with van der Waals surface area (Å²) in [4.78, 5) is 28.7. The Hall–Kier alpha value is -2.73. The van der Waals surface area contributed by atoms with Crippen LogP contribution in [0.5, 0.6) is 0 Å². The quantitative estimate of drug-likeness (QED) is 0.840. The number of hydrogen-bond donors (Lipinski definition) is 1. The number of carbonyl (C=O) groups is 2. The minimum Gasteiger partial charge on any atom is -0.339 e. The number of nitrogens with one attached hydrogen (secondary N) is 1. The topological polar surface area (TPSA) is 52.7 Å². The molecule has 154 valence electrons. The van der Waals surface area contributed by atoms with Gasteiger partial charge in [-0.3, -0.25) is 14.5 Å². The van der Waals surface area contributed by atoms with Crippen LogP contribution in [0, 0.1) is 13.8 Å². The van der Waals surface area contributed by atoms with Gasteiger partial charge in [-0.15, -0.1) is 0 Å². The minimum absolute atomic E-state index is 0.0742. The van der Waals surface area contributed by atoms with E-state index < -0.39 is 12.1 Å². The Morgan fingerprint density at radius 2 is 1.66 bits per heavy atom. The summed E-state index contributed by atoms with van der Waals surface area (Å²) in [5, 5.41) is 3.00. The van der Waals surface area contributed by atoms with Crippen molar-refractivity contribution in [1.82, 2.24) is 9.80 Å². The first kappa shape index (κ1) is 21.0. The molecule has 1 unspecified atom stereocenters. The minimum atomic E-state index is -1.64. The normalized spacial score (nSPS) is 16.2. The second-order valence-electron chi connectivity index (χ2n) is 7.54. The monoisotopic (exact) mass is 397 g/mol. The third-order valence-corrected chi connectivity index (χ3v) is 5.32. The summed E-state index contributed by atoms with van der Waals surface area (Å²) >= 11 is 0. The third kappa shape index (κ3) is 5.41. The lowest BCUT2D eigenvalue weighted by atomic mass is 10.1. The number of carbonyl (C=O) groups excluding carboxylic acids is 2. The van der Waals surface area contributed by atoms with Crippen LogP contribution in [-0.4, -0.2) is 54.3 Å². The highest BCUT2D eigenvalue weighted by molar-refractivity contribution is 5.93. The van der Waals surface area contributed by atoms with Crippen molar-refractivity contribution >= 4 is 17.5 Å². The molecule has 1 atom stereocenters. The molecule has 0 bridgehead atoms. The van der Waals surface area contributed by atoms with Gasteiger partial charge in [0.25, 0.3) is 5.91 Å². The third-order valence-electron chi connectivity index (χ3n) is 5.32. The highest BCUT2D eigenvalue weighted by Crippen LogP contribution is 2.21. The number of nitrogens with zero attached hydrogens (tertiary/aromatic N) is 2. The lowest BCUT2D eigenvalue weighted by molar-refractivity contribution is -0.136. The molecule has 2 aromatic rings. The molecule has 3 rings (SSSR count). The maximum absolute atomic E-state index is 14.6. The van der Waals surface area contributed by atoms with Crippen molar-refractivity contribution in [2.45, 2.75) is 26.4 Å². The fourth-order valence-electron chi connectivity index (χ4n) is 3.67. The van der Waals surface area contributed by atoms with E-state index in [0.717, 1.165) is 16.8 Å². The molecule has 0 spiro atoms. The molecular weight excluding hydrogens is 369 g/mol. The summed E-state index contributed by atoms with van der Waals surface area (Å²) in [6.45, 7) is 6.37. The van der Waals surface area contributed by atoms with Crippen LogP contribution in [0.1, 0.15) is 29.3 Å². The van der Waals surface area contributed by atoms with Gasteiger partial charge in [0.05, 0.1) is 6.54 Å². The largest absolute Gasteiger partial charge is 0.339 e. The van der Waals surface area contributed by atoms with Crippen LogP contribution in [-0.2, 0) is 9.59 Å². The molecule has 1 N–H and O–H groups in total. The SMILES string of the molecule is Cc1cccc(C)c1NC(=O)CN1CCCN(C(=O)C(F)c2ccccc2)CC1. The summed E-state index contributed by atoms with van der Waals surface area (Å²) in [6.07, 6.45) is -0.931. The van der Waals surface area contributed by atoms with Gasteiger partial charge in [-0.2, -0.15) is 0 Å². The maximum Gasteiger partial charge on any atom is 0.261 e. The number of aryl methyl sites for hydroxylation is 2. The lowest BCUT2D eigenvalue weighted by Crippen LogP contribution is -2.39. The first-order chi connectivity index (χ1) is 14.0. The second-order valence-corrected chi connectivity index (χ2v) is 7.54. The molecule has 0 aromatic heterocycles. The van der Waals surface area contributed by atoms with Crippen molar-refractivity contribution in [3.8, 4) is 0 Å². The van der Waals surface area contributed by atoms with Crippen LogP contribution in [0.3, 0.4) is 0 Å². The summed E-state index contributed by atoms with van der Waals surface area (Å²) in [5.74, 6) is -0.576. The van der Waals surface area contributed by atoms with Crippen molar-refractivity contribution in [2.75, 3.05) is 38.0 Å². The number of alkyl halides is 1. The highest BCUT2D eigenvalue weighted by Gasteiger charge is 2.27. The summed E-state index contributed by atoms with van der Waals surface area (Å²) < 4.78 is 14.6. The van der Waals surface area contributed by atoms with E-state index >= 15 is 0 Å². The number of hydrogen-bond acceptors (Lipinski definition) is 3. The van der Waals surface area contributed by atoms with Crippen molar-refractivity contribution in [2.24, 2.45) is 0 Å². The van der Waals surface area contributed by atoms with Gasteiger partial charge in [0.1, 0.15) is 0 Å². The van der Waals surface area contributed by atoms with Crippen LogP contribution >= 0.6 is 0 Å². The first-order valence-corrected chi connectivity index (χ1v) is 10.0. The Kier molecular flexibility index (Phi) is 6.99. The highest BCUT2D eigenvalue weighted by atomic mass is 19.1. The van der Waals surface area contributed by atoms with Crippen LogP contribution in [0.4, 0.5) is 10.1 Å². The smallest absolute Gasteiger partial charge is 0.261 e. The van der Waals surface area contributed by atoms with Gasteiger partial charge < -0.3 is 10.2 Å². The summed E-state index contributed by atoms with van der Waals surface area (Å²) in [7, 11) is 0. The van der Waals surface area contributed by atoms with Gasteiger partial charge in [-0.1, -0.05) is 48.5 Å². The van der Waals surface area contributed by atoms with Gasteiger partial charge in [-0.05, 0) is 37.0 Å². The molecule has 5 nitrogen and oxygen atoms in total. The fraction of sp³-hybridized carbons (Fsp3) is 0.391. The van der Waals surface area contributed by atoms with Crippen LogP contribution in [0.15, 0.2) is 48.5 Å². The number of anilines is 1. The number of halogens is 1. The summed E-state index contributed by atoms with van der Waals surface area (Å²) in [5.41, 5.74) is 3.29. The average molecular weight is 397 g/mol. The van der Waals surface area contributed by atoms with Crippen molar-refractivity contribution in [1.29, 1.82) is 0 Å². The van der Waals surface area contributed by atoms with E-state index in [1.807, 2.05) is 36.9 Å². The molecule has 2 aromatic carbocycles. The molecule has 1 fully saturated rings. The van der Waals surface area contributed by atoms with Crippen molar-refractivity contribution in [3.63, 3.8) is 0 Å². The molecule has 1 aliphatic rings. The van der Waals surface area contributed by atoms with Crippen LogP contribution in [0.25, 0.3) is 0 Å². The van der Waals surface area contributed by atoms with Gasteiger partial charge in [0, 0.05) is 31.9 Å². The van der Waals surface area contributed by atoms with Crippen molar-refractivity contribution < 1.29 is 14.0 Å². The van der Waals surface area contributed by atoms with Gasteiger partial charge in [-0.25, -0.2) is 4.39 Å². The molecule has 0 aliphatic carbocycles. The van der Waals surface area contributed by atoms with Gasteiger partial charge >= 0.3 is 0 Å². The summed E-state index contributed by atoms with van der Waals surface area (Å²) in [6, 6.07) is 14.4. The number of amides is 2. The van der Waals surface area contributed by atoms with E-state index in [1.54, 1.807) is 35.2 Å². The average Bonchev–Trinajstić information content (AvgIpc) is 2.96. The van der Waals surface area contributed by atoms with E-state index in [4.69, 9.17) is 0 Å². The van der Waals surface area contributed by atoms with E-state index in [1.165, 1.54) is 0 Å². The number of benzene rings is 2. The standard InChI is InChI=1S/C23H28FN3O2/c1-17-8-6-9-18(2)22(17)25-20(28)16-26-12-7-13-27(15-14-26)23(29)21(24)19-10-4-3-5-11-19/h3-6,8-11,21H,7,12-16H2,1-2H3,(H,25,28). The predicted molar refractivity (Wildman–Crippen MR) is 112 cm³/mol. The van der Waals surface area contributed by atoms with E-state index in [9.17, 15) is 14.0 Å². The van der Waals surface area contributed by atoms with Crippen LogP contribution < -0.4 is 5.32 Å².